The average molecular weight is 212 g/mol. The zero-order valence-corrected chi connectivity index (χ0v) is 10.8. The minimum Gasteiger partial charge on any atom is -0.119 e. The van der Waals surface area contributed by atoms with Crippen molar-refractivity contribution in [1.29, 1.82) is 0 Å². The first-order valence-electron chi connectivity index (χ1n) is 4.99. The molecule has 0 atom stereocenters. The van der Waals surface area contributed by atoms with Gasteiger partial charge < -0.3 is 0 Å². The van der Waals surface area contributed by atoms with E-state index in [1.165, 1.54) is 18.1 Å². The van der Waals surface area contributed by atoms with Crippen molar-refractivity contribution in [2.24, 2.45) is 0 Å². The smallest absolute Gasteiger partial charge is 0.119 e. The highest BCUT2D eigenvalue weighted by molar-refractivity contribution is 8.04. The van der Waals surface area contributed by atoms with Gasteiger partial charge in [-0.15, -0.1) is 12.1 Å². The number of hydrogen-bond acceptors (Lipinski definition) is 1. The topological polar surface area (TPSA) is 0 Å². The third kappa shape index (κ3) is 4.59. The molecule has 0 bridgehead atoms. The molecule has 0 aliphatic rings. The molecule has 2 heteroatoms. The standard InChI is InChI=1S/C11H20SSi/c1-5-9-12-10-11-13(6-2,7-3)8-4/h5H,1,6-9H2,2-4H3. The van der Waals surface area contributed by atoms with Crippen molar-refractivity contribution in [1.82, 2.24) is 0 Å². The Kier molecular flexibility index (Phi) is 7.21. The zero-order chi connectivity index (χ0) is 10.2. The first-order valence-corrected chi connectivity index (χ1v) is 8.60. The van der Waals surface area contributed by atoms with Crippen LogP contribution in [0.4, 0.5) is 0 Å². The molecular formula is C11H20SSi. The van der Waals surface area contributed by atoms with Crippen molar-refractivity contribution < 1.29 is 0 Å². The van der Waals surface area contributed by atoms with Gasteiger partial charge in [0.1, 0.15) is 8.07 Å². The summed E-state index contributed by atoms with van der Waals surface area (Å²) in [5.41, 5.74) is 3.52. The molecule has 0 amide bonds. The Labute approximate surface area is 88.2 Å². The fourth-order valence-corrected chi connectivity index (χ4v) is 4.65. The number of rotatable bonds is 5. The zero-order valence-electron chi connectivity index (χ0n) is 9.02. The Morgan fingerprint density at radius 1 is 1.23 bits per heavy atom. The van der Waals surface area contributed by atoms with Gasteiger partial charge >= 0.3 is 0 Å². The number of hydrogen-bond donors (Lipinski definition) is 0. The van der Waals surface area contributed by atoms with E-state index in [-0.39, 0.29) is 0 Å². The molecule has 0 fully saturated rings. The van der Waals surface area contributed by atoms with Gasteiger partial charge in [-0.3, -0.25) is 0 Å². The van der Waals surface area contributed by atoms with Crippen molar-refractivity contribution in [3.05, 3.63) is 12.7 Å². The maximum atomic E-state index is 3.68. The molecule has 0 saturated carbocycles. The molecule has 0 aromatic rings. The second-order valence-corrected chi connectivity index (χ2v) is 8.93. The van der Waals surface area contributed by atoms with Gasteiger partial charge in [-0.1, -0.05) is 38.6 Å². The second-order valence-electron chi connectivity index (χ2n) is 3.17. The predicted octanol–water partition coefficient (Wildman–Crippen LogP) is 3.91. The van der Waals surface area contributed by atoms with Crippen molar-refractivity contribution >= 4 is 19.8 Å². The molecule has 0 aliphatic carbocycles. The minimum atomic E-state index is -1.18. The van der Waals surface area contributed by atoms with Crippen molar-refractivity contribution in [3.8, 4) is 10.8 Å². The van der Waals surface area contributed by atoms with Gasteiger partial charge in [-0.05, 0) is 23.4 Å². The SMILES string of the molecule is C=CCSC#C[Si](CC)(CC)CC. The van der Waals surface area contributed by atoms with Crippen molar-refractivity contribution in [2.75, 3.05) is 5.75 Å². The summed E-state index contributed by atoms with van der Waals surface area (Å²) in [6.07, 6.45) is 1.91. The Morgan fingerprint density at radius 2 is 1.77 bits per heavy atom. The third-order valence-electron chi connectivity index (χ3n) is 2.62. The lowest BCUT2D eigenvalue weighted by atomic mass is 10.8. The molecular weight excluding hydrogens is 192 g/mol. The lowest BCUT2D eigenvalue weighted by Gasteiger charge is -2.19. The maximum Gasteiger partial charge on any atom is 0.138 e. The Bertz CT molecular complexity index is 188. The molecule has 0 radical (unpaired) electrons. The molecule has 74 valence electrons. The van der Waals surface area contributed by atoms with E-state index in [1.807, 2.05) is 6.08 Å². The number of thioether (sulfide) groups is 1. The Morgan fingerprint density at radius 3 is 2.15 bits per heavy atom. The summed E-state index contributed by atoms with van der Waals surface area (Å²) < 4.78 is 0. The molecule has 0 unspecified atom stereocenters. The van der Waals surface area contributed by atoms with Crippen LogP contribution in [0.15, 0.2) is 12.7 Å². The summed E-state index contributed by atoms with van der Waals surface area (Å²) in [4.78, 5) is 0. The van der Waals surface area contributed by atoms with Crippen LogP contribution < -0.4 is 0 Å². The lowest BCUT2D eigenvalue weighted by Crippen LogP contribution is -2.29. The summed E-state index contributed by atoms with van der Waals surface area (Å²) in [7, 11) is -1.18. The molecule has 0 rings (SSSR count). The summed E-state index contributed by atoms with van der Waals surface area (Å²) in [5, 5.41) is 3.24. The molecule has 0 aromatic heterocycles. The molecule has 0 saturated heterocycles. The van der Waals surface area contributed by atoms with Crippen LogP contribution in [0.5, 0.6) is 0 Å². The lowest BCUT2D eigenvalue weighted by molar-refractivity contribution is 1.20. The molecule has 0 spiro atoms. The summed E-state index contributed by atoms with van der Waals surface area (Å²) in [6.45, 7) is 10.5. The molecule has 0 heterocycles. The van der Waals surface area contributed by atoms with E-state index < -0.39 is 8.07 Å². The fraction of sp³-hybridized carbons (Fsp3) is 0.636. The second kappa shape index (κ2) is 7.29. The quantitative estimate of drug-likeness (QED) is 0.288. The van der Waals surface area contributed by atoms with Crippen LogP contribution in [-0.2, 0) is 0 Å². The molecule has 0 aromatic carbocycles. The third-order valence-corrected chi connectivity index (χ3v) is 8.17. The summed E-state index contributed by atoms with van der Waals surface area (Å²) in [6, 6.07) is 3.88. The van der Waals surface area contributed by atoms with E-state index in [2.05, 4.69) is 38.1 Å². The summed E-state index contributed by atoms with van der Waals surface area (Å²) in [5.74, 6) is 0.953. The van der Waals surface area contributed by atoms with Gasteiger partial charge in [-0.2, -0.15) is 0 Å². The largest absolute Gasteiger partial charge is 0.138 e. The monoisotopic (exact) mass is 212 g/mol. The van der Waals surface area contributed by atoms with Gasteiger partial charge in [0, 0.05) is 5.75 Å². The van der Waals surface area contributed by atoms with Crippen LogP contribution in [0, 0.1) is 10.8 Å². The Hall–Kier alpha value is -0.133. The minimum absolute atomic E-state index is 0.953. The van der Waals surface area contributed by atoms with Gasteiger partial charge in [0.2, 0.25) is 0 Å². The van der Waals surface area contributed by atoms with Crippen molar-refractivity contribution in [2.45, 2.75) is 38.9 Å². The van der Waals surface area contributed by atoms with Crippen LogP contribution in [-0.4, -0.2) is 13.8 Å². The van der Waals surface area contributed by atoms with Crippen LogP contribution in [0.2, 0.25) is 18.1 Å². The van der Waals surface area contributed by atoms with Crippen LogP contribution in [0.25, 0.3) is 0 Å². The van der Waals surface area contributed by atoms with E-state index >= 15 is 0 Å². The highest BCUT2D eigenvalue weighted by Crippen LogP contribution is 2.19. The highest BCUT2D eigenvalue weighted by Gasteiger charge is 2.23. The molecule has 0 nitrogen and oxygen atoms in total. The van der Waals surface area contributed by atoms with E-state index in [4.69, 9.17) is 0 Å². The first-order chi connectivity index (χ1) is 6.24. The highest BCUT2D eigenvalue weighted by atomic mass is 32.2. The van der Waals surface area contributed by atoms with Gasteiger partial charge in [0.25, 0.3) is 0 Å². The Balaban J connectivity index is 4.19. The van der Waals surface area contributed by atoms with Gasteiger partial charge in [0.15, 0.2) is 0 Å². The average Bonchev–Trinajstić information content (AvgIpc) is 2.20. The first kappa shape index (κ1) is 12.9. The van der Waals surface area contributed by atoms with Crippen LogP contribution in [0.3, 0.4) is 0 Å². The molecule has 0 N–H and O–H groups in total. The molecule has 13 heavy (non-hydrogen) atoms. The van der Waals surface area contributed by atoms with E-state index in [9.17, 15) is 0 Å². The van der Waals surface area contributed by atoms with Crippen LogP contribution in [0.1, 0.15) is 20.8 Å². The molecule has 0 aliphatic heterocycles. The fourth-order valence-electron chi connectivity index (χ4n) is 1.26. The van der Waals surface area contributed by atoms with E-state index in [0.717, 1.165) is 5.75 Å². The van der Waals surface area contributed by atoms with Gasteiger partial charge in [-0.25, -0.2) is 0 Å². The van der Waals surface area contributed by atoms with Crippen LogP contribution >= 0.6 is 11.8 Å². The normalized spacial score (nSPS) is 10.4. The van der Waals surface area contributed by atoms with E-state index in [1.54, 1.807) is 11.8 Å². The van der Waals surface area contributed by atoms with E-state index in [0.29, 0.717) is 0 Å². The van der Waals surface area contributed by atoms with Gasteiger partial charge in [0.05, 0.1) is 0 Å². The predicted molar refractivity (Wildman–Crippen MR) is 67.6 cm³/mol. The summed E-state index contributed by atoms with van der Waals surface area (Å²) >= 11 is 1.68. The maximum absolute atomic E-state index is 3.68. The van der Waals surface area contributed by atoms with Crippen molar-refractivity contribution in [3.63, 3.8) is 0 Å².